The van der Waals surface area contributed by atoms with Crippen LogP contribution in [-0.4, -0.2) is 24.2 Å². The zero-order valence-electron chi connectivity index (χ0n) is 18.3. The van der Waals surface area contributed by atoms with E-state index in [-0.39, 0.29) is 23.4 Å². The van der Waals surface area contributed by atoms with Crippen LogP contribution in [0.15, 0.2) is 91.0 Å². The van der Waals surface area contributed by atoms with Crippen LogP contribution in [0.5, 0.6) is 0 Å². The monoisotopic (exact) mass is 455 g/mol. The third-order valence-corrected chi connectivity index (χ3v) is 5.34. The number of nitrogens with zero attached hydrogens (tertiary/aromatic N) is 1. The standard InChI is InChI=1S/C28H22FNO4/c29-24-10-8-23(9-11-24)26(31)14-7-20-1-3-21(4-2-20)17-18-34-19-22-5-12-25(13-6-22)30-27(32)15-16-28(30)33/h1-16H,17-19H2/b14-7+. The summed E-state index contributed by atoms with van der Waals surface area (Å²) in [5, 5.41) is 0. The van der Waals surface area contributed by atoms with Gasteiger partial charge < -0.3 is 4.74 Å². The molecule has 5 nitrogen and oxygen atoms in total. The van der Waals surface area contributed by atoms with Gasteiger partial charge in [0.05, 0.1) is 18.9 Å². The van der Waals surface area contributed by atoms with Crippen LogP contribution in [0, 0.1) is 5.82 Å². The zero-order chi connectivity index (χ0) is 23.9. The quantitative estimate of drug-likeness (QED) is 0.199. The maximum atomic E-state index is 13.0. The number of amides is 2. The number of imide groups is 1. The predicted octanol–water partition coefficient (Wildman–Crippen LogP) is 4.91. The number of hydrogen-bond acceptors (Lipinski definition) is 4. The number of halogens is 1. The Balaban J connectivity index is 1.22. The van der Waals surface area contributed by atoms with E-state index in [0.717, 1.165) is 28.0 Å². The van der Waals surface area contributed by atoms with Crippen molar-refractivity contribution in [2.45, 2.75) is 13.0 Å². The molecule has 1 heterocycles. The van der Waals surface area contributed by atoms with Gasteiger partial charge >= 0.3 is 0 Å². The molecule has 0 spiro atoms. The number of anilines is 1. The first-order chi connectivity index (χ1) is 16.5. The van der Waals surface area contributed by atoms with Crippen molar-refractivity contribution in [1.82, 2.24) is 0 Å². The van der Waals surface area contributed by atoms with E-state index in [4.69, 9.17) is 4.74 Å². The second-order valence-corrected chi connectivity index (χ2v) is 7.76. The highest BCUT2D eigenvalue weighted by molar-refractivity contribution is 6.28. The molecule has 0 bridgehead atoms. The zero-order valence-corrected chi connectivity index (χ0v) is 18.3. The lowest BCUT2D eigenvalue weighted by Crippen LogP contribution is -2.29. The van der Waals surface area contributed by atoms with Crippen molar-refractivity contribution in [3.63, 3.8) is 0 Å². The van der Waals surface area contributed by atoms with Crippen LogP contribution in [0.4, 0.5) is 10.1 Å². The fourth-order valence-electron chi connectivity index (χ4n) is 3.45. The molecule has 0 aliphatic carbocycles. The number of carbonyl (C=O) groups excluding carboxylic acids is 3. The predicted molar refractivity (Wildman–Crippen MR) is 128 cm³/mol. The Labute approximate surface area is 196 Å². The van der Waals surface area contributed by atoms with E-state index in [9.17, 15) is 18.8 Å². The maximum Gasteiger partial charge on any atom is 0.258 e. The molecular formula is C28H22FNO4. The minimum absolute atomic E-state index is 0.180. The average molecular weight is 455 g/mol. The van der Waals surface area contributed by atoms with E-state index >= 15 is 0 Å². The van der Waals surface area contributed by atoms with Gasteiger partial charge in [-0.2, -0.15) is 0 Å². The summed E-state index contributed by atoms with van der Waals surface area (Å²) in [7, 11) is 0. The number of hydrogen-bond donors (Lipinski definition) is 0. The van der Waals surface area contributed by atoms with Gasteiger partial charge in [-0.15, -0.1) is 0 Å². The van der Waals surface area contributed by atoms with Gasteiger partial charge in [0.1, 0.15) is 5.82 Å². The third-order valence-electron chi connectivity index (χ3n) is 5.34. The van der Waals surface area contributed by atoms with Crippen LogP contribution in [0.2, 0.25) is 0 Å². The Morgan fingerprint density at radius 3 is 2.09 bits per heavy atom. The molecule has 0 N–H and O–H groups in total. The van der Waals surface area contributed by atoms with Crippen LogP contribution >= 0.6 is 0 Å². The number of ether oxygens (including phenoxy) is 1. The molecule has 6 heteroatoms. The van der Waals surface area contributed by atoms with Crippen molar-refractivity contribution < 1.29 is 23.5 Å². The topological polar surface area (TPSA) is 63.7 Å². The van der Waals surface area contributed by atoms with E-state index in [1.165, 1.54) is 42.5 Å². The molecule has 3 aromatic rings. The van der Waals surface area contributed by atoms with Gasteiger partial charge in [-0.1, -0.05) is 42.5 Å². The first-order valence-corrected chi connectivity index (χ1v) is 10.8. The summed E-state index contributed by atoms with van der Waals surface area (Å²) < 4.78 is 18.7. The maximum absolute atomic E-state index is 13.0. The van der Waals surface area contributed by atoms with Gasteiger partial charge in [0.15, 0.2) is 5.78 Å². The van der Waals surface area contributed by atoms with Crippen LogP contribution in [-0.2, 0) is 27.4 Å². The first kappa shape index (κ1) is 23.0. The van der Waals surface area contributed by atoms with Crippen LogP contribution in [0.25, 0.3) is 6.08 Å². The Morgan fingerprint density at radius 1 is 0.824 bits per heavy atom. The number of carbonyl (C=O) groups is 3. The smallest absolute Gasteiger partial charge is 0.258 e. The second-order valence-electron chi connectivity index (χ2n) is 7.76. The number of benzene rings is 3. The highest BCUT2D eigenvalue weighted by Gasteiger charge is 2.24. The summed E-state index contributed by atoms with van der Waals surface area (Å²) in [6.07, 6.45) is 6.46. The summed E-state index contributed by atoms with van der Waals surface area (Å²) in [5.74, 6) is -1.23. The van der Waals surface area contributed by atoms with Gasteiger partial charge in [0.2, 0.25) is 0 Å². The van der Waals surface area contributed by atoms with Crippen molar-refractivity contribution in [3.05, 3.63) is 119 Å². The van der Waals surface area contributed by atoms with Crippen molar-refractivity contribution in [3.8, 4) is 0 Å². The van der Waals surface area contributed by atoms with Crippen molar-refractivity contribution >= 4 is 29.4 Å². The fraction of sp³-hybridized carbons (Fsp3) is 0.107. The SMILES string of the molecule is O=C(/C=C/c1ccc(CCOCc2ccc(N3C(=O)C=CC3=O)cc2)cc1)c1ccc(F)cc1. The Bertz CT molecular complexity index is 1230. The lowest BCUT2D eigenvalue weighted by Gasteiger charge is -2.14. The van der Waals surface area contributed by atoms with Crippen molar-refractivity contribution in [1.29, 1.82) is 0 Å². The van der Waals surface area contributed by atoms with Crippen LogP contribution in [0.3, 0.4) is 0 Å². The summed E-state index contributed by atoms with van der Waals surface area (Å²) in [6.45, 7) is 0.958. The minimum Gasteiger partial charge on any atom is -0.376 e. The molecule has 0 unspecified atom stereocenters. The highest BCUT2D eigenvalue weighted by atomic mass is 19.1. The van der Waals surface area contributed by atoms with Crippen LogP contribution < -0.4 is 4.90 Å². The van der Waals surface area contributed by atoms with E-state index < -0.39 is 0 Å². The van der Waals surface area contributed by atoms with Crippen molar-refractivity contribution in [2.75, 3.05) is 11.5 Å². The normalized spacial score (nSPS) is 13.3. The largest absolute Gasteiger partial charge is 0.376 e. The molecule has 1 aliphatic rings. The molecule has 170 valence electrons. The Kier molecular flexibility index (Phi) is 7.20. The van der Waals surface area contributed by atoms with Gasteiger partial charge in [0.25, 0.3) is 11.8 Å². The molecule has 0 aromatic heterocycles. The van der Waals surface area contributed by atoms with Crippen molar-refractivity contribution in [2.24, 2.45) is 0 Å². The number of ketones is 1. The number of rotatable bonds is 9. The fourth-order valence-corrected chi connectivity index (χ4v) is 3.45. The van der Waals surface area contributed by atoms with Gasteiger partial charge in [-0.3, -0.25) is 14.4 Å². The molecule has 2 amide bonds. The Hall–Kier alpha value is -4.16. The molecular weight excluding hydrogens is 433 g/mol. The lowest BCUT2D eigenvalue weighted by atomic mass is 10.1. The molecule has 3 aromatic carbocycles. The molecule has 0 saturated carbocycles. The first-order valence-electron chi connectivity index (χ1n) is 10.8. The molecule has 0 saturated heterocycles. The summed E-state index contributed by atoms with van der Waals surface area (Å²) >= 11 is 0. The summed E-state index contributed by atoms with van der Waals surface area (Å²) in [5.41, 5.74) is 3.93. The lowest BCUT2D eigenvalue weighted by molar-refractivity contribution is -0.119. The Morgan fingerprint density at radius 2 is 1.44 bits per heavy atom. The molecule has 0 radical (unpaired) electrons. The molecule has 0 atom stereocenters. The molecule has 34 heavy (non-hydrogen) atoms. The van der Waals surface area contributed by atoms with E-state index in [1.54, 1.807) is 18.2 Å². The third kappa shape index (κ3) is 5.79. The van der Waals surface area contributed by atoms with Gasteiger partial charge in [0, 0.05) is 17.7 Å². The van der Waals surface area contributed by atoms with Gasteiger partial charge in [-0.25, -0.2) is 9.29 Å². The van der Waals surface area contributed by atoms with E-state index in [1.807, 2.05) is 36.4 Å². The minimum atomic E-state index is -0.372. The number of allylic oxidation sites excluding steroid dienone is 1. The highest BCUT2D eigenvalue weighted by Crippen LogP contribution is 2.20. The average Bonchev–Trinajstić information content (AvgIpc) is 3.19. The molecule has 4 rings (SSSR count). The molecule has 1 aliphatic heterocycles. The van der Waals surface area contributed by atoms with Gasteiger partial charge in [-0.05, 0) is 65.6 Å². The van der Waals surface area contributed by atoms with Crippen LogP contribution in [0.1, 0.15) is 27.0 Å². The van der Waals surface area contributed by atoms with E-state index in [2.05, 4.69) is 0 Å². The second kappa shape index (κ2) is 10.6. The summed E-state index contributed by atoms with van der Waals surface area (Å²) in [6, 6.07) is 20.4. The summed E-state index contributed by atoms with van der Waals surface area (Å²) in [4.78, 5) is 36.7. The molecule has 0 fully saturated rings. The van der Waals surface area contributed by atoms with E-state index in [0.29, 0.717) is 24.5 Å².